The molecular formula is C21H24N8O4S. The zero-order chi connectivity index (χ0) is 24.2. The van der Waals surface area contributed by atoms with E-state index in [1.54, 1.807) is 41.7 Å². The van der Waals surface area contributed by atoms with Crippen LogP contribution in [-0.2, 0) is 4.84 Å². The number of oxime groups is 1. The molecule has 4 rings (SSSR count). The molecule has 1 saturated heterocycles. The number of amides is 2. The fourth-order valence-electron chi connectivity index (χ4n) is 3.48. The summed E-state index contributed by atoms with van der Waals surface area (Å²) >= 11 is 1.26. The third kappa shape index (κ3) is 4.93. The average molecular weight is 485 g/mol. The number of hydrogen-bond donors (Lipinski definition) is 3. The summed E-state index contributed by atoms with van der Waals surface area (Å²) in [5.41, 5.74) is 12.3. The fourth-order valence-corrected chi connectivity index (χ4v) is 4.39. The Morgan fingerprint density at radius 1 is 1.15 bits per heavy atom. The molecule has 0 aliphatic carbocycles. The highest BCUT2D eigenvalue weighted by Gasteiger charge is 2.27. The standard InChI is InChI=1S/C21H24N8O4S/c1-12(22)27-33-19(30)15-11-34-18-16(15)17(25-20(23)26-18)28-7-9-29(10-8-28)21(31)24-13-3-5-14(32-2)6-4-13/h3-6,11H,7-10H2,1-2H3,(H2,22,27)(H,24,31)(H2,23,25,26). The quantitative estimate of drug-likeness (QED) is 0.213. The zero-order valence-corrected chi connectivity index (χ0v) is 19.5. The van der Waals surface area contributed by atoms with Crippen molar-refractivity contribution in [1.82, 2.24) is 14.9 Å². The number of amidine groups is 1. The lowest BCUT2D eigenvalue weighted by Gasteiger charge is -2.35. The van der Waals surface area contributed by atoms with Gasteiger partial charge in [-0.25, -0.2) is 14.6 Å². The Morgan fingerprint density at radius 2 is 1.85 bits per heavy atom. The molecule has 0 spiro atoms. The van der Waals surface area contributed by atoms with Gasteiger partial charge in [0.05, 0.1) is 18.1 Å². The maximum absolute atomic E-state index is 12.7. The highest BCUT2D eigenvalue weighted by Crippen LogP contribution is 2.33. The summed E-state index contributed by atoms with van der Waals surface area (Å²) in [5, 5.41) is 8.58. The van der Waals surface area contributed by atoms with E-state index in [1.807, 2.05) is 4.90 Å². The van der Waals surface area contributed by atoms with Crippen LogP contribution < -0.4 is 26.4 Å². The molecule has 2 amide bonds. The van der Waals surface area contributed by atoms with Gasteiger partial charge in [0.25, 0.3) is 0 Å². The van der Waals surface area contributed by atoms with Gasteiger partial charge in [0.1, 0.15) is 22.2 Å². The first kappa shape index (κ1) is 23.0. The Hall–Kier alpha value is -4.13. The minimum Gasteiger partial charge on any atom is -0.497 e. The normalized spacial score (nSPS) is 14.2. The van der Waals surface area contributed by atoms with Gasteiger partial charge in [-0.05, 0) is 31.2 Å². The van der Waals surface area contributed by atoms with Crippen LogP contribution in [0.1, 0.15) is 17.3 Å². The molecule has 3 aromatic rings. The maximum Gasteiger partial charge on any atom is 0.367 e. The topological polar surface area (TPSA) is 161 Å². The Balaban J connectivity index is 1.49. The second-order valence-electron chi connectivity index (χ2n) is 7.48. The number of nitrogen functional groups attached to an aromatic ring is 1. The molecule has 0 radical (unpaired) electrons. The van der Waals surface area contributed by atoms with Gasteiger partial charge in [0.2, 0.25) is 5.95 Å². The number of aromatic nitrogens is 2. The number of benzene rings is 1. The van der Waals surface area contributed by atoms with Crippen molar-refractivity contribution < 1.29 is 19.2 Å². The Kier molecular flexibility index (Phi) is 6.63. The molecule has 13 heteroatoms. The van der Waals surface area contributed by atoms with E-state index in [2.05, 4.69) is 20.4 Å². The second kappa shape index (κ2) is 9.79. The van der Waals surface area contributed by atoms with Crippen molar-refractivity contribution in [3.8, 4) is 5.75 Å². The molecule has 1 aliphatic heterocycles. The fraction of sp³-hybridized carbons (Fsp3) is 0.286. The lowest BCUT2D eigenvalue weighted by Crippen LogP contribution is -2.50. The summed E-state index contributed by atoms with van der Waals surface area (Å²) in [6.07, 6.45) is 0. The molecule has 0 saturated carbocycles. The van der Waals surface area contributed by atoms with E-state index in [-0.39, 0.29) is 23.4 Å². The van der Waals surface area contributed by atoms with Crippen molar-refractivity contribution in [2.45, 2.75) is 6.92 Å². The van der Waals surface area contributed by atoms with Crippen LogP contribution in [0.25, 0.3) is 10.2 Å². The van der Waals surface area contributed by atoms with Crippen LogP contribution in [-0.4, -0.2) is 66.0 Å². The number of carbonyl (C=O) groups excluding carboxylic acids is 2. The number of anilines is 3. The number of fused-ring (bicyclic) bond motifs is 1. The number of nitrogens with one attached hydrogen (secondary N) is 1. The van der Waals surface area contributed by atoms with E-state index in [9.17, 15) is 9.59 Å². The molecule has 1 aliphatic rings. The third-order valence-corrected chi connectivity index (χ3v) is 6.00. The van der Waals surface area contributed by atoms with E-state index in [0.29, 0.717) is 53.7 Å². The van der Waals surface area contributed by atoms with Crippen molar-refractivity contribution in [1.29, 1.82) is 0 Å². The molecule has 3 heterocycles. The van der Waals surface area contributed by atoms with Gasteiger partial charge in [-0.15, -0.1) is 11.3 Å². The first-order valence-corrected chi connectivity index (χ1v) is 11.2. The SMILES string of the molecule is COc1ccc(NC(=O)N2CCN(c3nc(N)nc4scc(C(=O)ON=C(C)N)c34)CC2)cc1. The summed E-state index contributed by atoms with van der Waals surface area (Å²) in [7, 11) is 1.59. The van der Waals surface area contributed by atoms with Gasteiger partial charge in [-0.3, -0.25) is 0 Å². The van der Waals surface area contributed by atoms with Crippen LogP contribution in [0.2, 0.25) is 0 Å². The van der Waals surface area contributed by atoms with Crippen LogP contribution in [0.4, 0.5) is 22.2 Å². The van der Waals surface area contributed by atoms with Crippen molar-refractivity contribution in [3.05, 3.63) is 35.2 Å². The largest absolute Gasteiger partial charge is 0.497 e. The lowest BCUT2D eigenvalue weighted by atomic mass is 10.2. The minimum absolute atomic E-state index is 0.0970. The number of piperazine rings is 1. The summed E-state index contributed by atoms with van der Waals surface area (Å²) < 4.78 is 5.14. The molecule has 178 valence electrons. The highest BCUT2D eigenvalue weighted by molar-refractivity contribution is 7.17. The van der Waals surface area contributed by atoms with Crippen LogP contribution >= 0.6 is 11.3 Å². The second-order valence-corrected chi connectivity index (χ2v) is 8.34. The Labute approximate surface area is 199 Å². The lowest BCUT2D eigenvalue weighted by molar-refractivity contribution is 0.0518. The highest BCUT2D eigenvalue weighted by atomic mass is 32.1. The van der Waals surface area contributed by atoms with E-state index in [1.165, 1.54) is 18.3 Å². The van der Waals surface area contributed by atoms with Gasteiger partial charge < -0.3 is 36.2 Å². The smallest absolute Gasteiger partial charge is 0.367 e. The monoisotopic (exact) mass is 484 g/mol. The van der Waals surface area contributed by atoms with E-state index >= 15 is 0 Å². The van der Waals surface area contributed by atoms with Crippen molar-refractivity contribution in [2.75, 3.05) is 49.2 Å². The number of rotatable bonds is 5. The number of carbonyl (C=O) groups is 2. The average Bonchev–Trinajstić information content (AvgIpc) is 3.26. The van der Waals surface area contributed by atoms with Crippen LogP contribution in [0.15, 0.2) is 34.8 Å². The number of nitrogens with zero attached hydrogens (tertiary/aromatic N) is 5. The van der Waals surface area contributed by atoms with Gasteiger partial charge in [0, 0.05) is 37.2 Å². The Bertz CT molecular complexity index is 1230. The summed E-state index contributed by atoms with van der Waals surface area (Å²) in [6, 6.07) is 6.91. The first-order valence-electron chi connectivity index (χ1n) is 10.4. The molecular weight excluding hydrogens is 460 g/mol. The number of nitrogens with two attached hydrogens (primary N) is 2. The van der Waals surface area contributed by atoms with Gasteiger partial charge in [-0.1, -0.05) is 5.16 Å². The van der Waals surface area contributed by atoms with Crippen LogP contribution in [0, 0.1) is 0 Å². The molecule has 0 bridgehead atoms. The molecule has 34 heavy (non-hydrogen) atoms. The molecule has 0 atom stereocenters. The first-order chi connectivity index (χ1) is 16.4. The molecule has 2 aromatic heterocycles. The van der Waals surface area contributed by atoms with Crippen LogP contribution in [0.5, 0.6) is 5.75 Å². The maximum atomic E-state index is 12.7. The Morgan fingerprint density at radius 3 is 2.50 bits per heavy atom. The van der Waals surface area contributed by atoms with Crippen molar-refractivity contribution in [3.63, 3.8) is 0 Å². The number of thiophene rings is 1. The van der Waals surface area contributed by atoms with Gasteiger partial charge in [-0.2, -0.15) is 4.98 Å². The minimum atomic E-state index is -0.664. The summed E-state index contributed by atoms with van der Waals surface area (Å²) in [6.45, 7) is 3.40. The molecule has 0 unspecified atom stereocenters. The van der Waals surface area contributed by atoms with Crippen LogP contribution in [0.3, 0.4) is 0 Å². The summed E-state index contributed by atoms with van der Waals surface area (Å²) in [4.78, 5) is 43.0. The van der Waals surface area contributed by atoms with E-state index in [4.69, 9.17) is 21.0 Å². The zero-order valence-electron chi connectivity index (χ0n) is 18.6. The molecule has 5 N–H and O–H groups in total. The molecule has 12 nitrogen and oxygen atoms in total. The number of ether oxygens (including phenoxy) is 1. The predicted octanol–water partition coefficient (Wildman–Crippen LogP) is 2.09. The predicted molar refractivity (Wildman–Crippen MR) is 130 cm³/mol. The van der Waals surface area contributed by atoms with Gasteiger partial charge >= 0.3 is 12.0 Å². The van der Waals surface area contributed by atoms with Crippen molar-refractivity contribution in [2.24, 2.45) is 10.9 Å². The third-order valence-electron chi connectivity index (χ3n) is 5.13. The molecule has 1 fully saturated rings. The van der Waals surface area contributed by atoms with E-state index in [0.717, 1.165) is 0 Å². The number of hydrogen-bond acceptors (Lipinski definition) is 10. The number of methoxy groups -OCH3 is 1. The van der Waals surface area contributed by atoms with E-state index < -0.39 is 5.97 Å². The number of urea groups is 1. The summed E-state index contributed by atoms with van der Waals surface area (Å²) in [5.74, 6) is 0.781. The molecule has 1 aromatic carbocycles. The van der Waals surface area contributed by atoms with Gasteiger partial charge in [0.15, 0.2) is 0 Å². The van der Waals surface area contributed by atoms with Crippen molar-refractivity contribution >= 4 is 56.8 Å².